The number of halogens is 2. The summed E-state index contributed by atoms with van der Waals surface area (Å²) in [5, 5.41) is 2.63. The van der Waals surface area contributed by atoms with Gasteiger partial charge in [0.1, 0.15) is 11.6 Å². The van der Waals surface area contributed by atoms with Crippen LogP contribution in [0.4, 0.5) is 15.8 Å². The number of hydrogen-bond acceptors (Lipinski definition) is 3. The molecular formula is C18H16ClFN2O3. The molecule has 7 heteroatoms. The van der Waals surface area contributed by atoms with Gasteiger partial charge < -0.3 is 15.0 Å². The molecule has 5 nitrogen and oxygen atoms in total. The van der Waals surface area contributed by atoms with Gasteiger partial charge >= 0.3 is 0 Å². The Kier molecular flexibility index (Phi) is 5.19. The number of carbonyl (C=O) groups is 2. The summed E-state index contributed by atoms with van der Waals surface area (Å²) >= 11 is 5.65. The van der Waals surface area contributed by atoms with E-state index in [2.05, 4.69) is 5.32 Å². The highest BCUT2D eigenvalue weighted by Gasteiger charge is 2.21. The van der Waals surface area contributed by atoms with Crippen molar-refractivity contribution in [3.8, 4) is 5.75 Å². The first-order valence-electron chi connectivity index (χ1n) is 7.81. The number of benzene rings is 2. The number of nitrogens with one attached hydrogen (secondary N) is 1. The molecule has 1 saturated heterocycles. The van der Waals surface area contributed by atoms with Gasteiger partial charge in [-0.1, -0.05) is 11.6 Å². The fraction of sp³-hybridized carbons (Fsp3) is 0.222. The maximum absolute atomic E-state index is 13.1. The monoisotopic (exact) mass is 362 g/mol. The van der Waals surface area contributed by atoms with Gasteiger partial charge in [0.15, 0.2) is 6.61 Å². The molecule has 1 heterocycles. The highest BCUT2D eigenvalue weighted by molar-refractivity contribution is 6.30. The predicted molar refractivity (Wildman–Crippen MR) is 93.6 cm³/mol. The summed E-state index contributed by atoms with van der Waals surface area (Å²) in [6, 6.07) is 10.9. The summed E-state index contributed by atoms with van der Waals surface area (Å²) in [5.41, 5.74) is 1.42. The Morgan fingerprint density at radius 2 is 2.00 bits per heavy atom. The number of ether oxygens (including phenoxy) is 1. The molecular weight excluding hydrogens is 347 g/mol. The molecule has 2 aromatic carbocycles. The van der Waals surface area contributed by atoms with Crippen molar-refractivity contribution in [1.82, 2.24) is 0 Å². The third kappa shape index (κ3) is 4.28. The predicted octanol–water partition coefficient (Wildman–Crippen LogP) is 3.62. The second-order valence-corrected chi connectivity index (χ2v) is 6.02. The van der Waals surface area contributed by atoms with Gasteiger partial charge in [0.2, 0.25) is 5.91 Å². The third-order valence-electron chi connectivity index (χ3n) is 3.80. The lowest BCUT2D eigenvalue weighted by atomic mass is 10.2. The van der Waals surface area contributed by atoms with E-state index in [9.17, 15) is 14.0 Å². The average molecular weight is 363 g/mol. The summed E-state index contributed by atoms with van der Waals surface area (Å²) in [6.45, 7) is 0.493. The van der Waals surface area contributed by atoms with Crippen LogP contribution in [-0.2, 0) is 9.59 Å². The fourth-order valence-electron chi connectivity index (χ4n) is 2.56. The lowest BCUT2D eigenvalue weighted by Gasteiger charge is -2.16. The van der Waals surface area contributed by atoms with Crippen LogP contribution in [0.25, 0.3) is 0 Å². The maximum atomic E-state index is 13.1. The summed E-state index contributed by atoms with van der Waals surface area (Å²) < 4.78 is 18.3. The highest BCUT2D eigenvalue weighted by Crippen LogP contribution is 2.23. The quantitative estimate of drug-likeness (QED) is 0.883. The van der Waals surface area contributed by atoms with Crippen molar-refractivity contribution in [3.63, 3.8) is 0 Å². The van der Waals surface area contributed by atoms with Crippen molar-refractivity contribution < 1.29 is 18.7 Å². The van der Waals surface area contributed by atoms with E-state index >= 15 is 0 Å². The number of rotatable bonds is 5. The summed E-state index contributed by atoms with van der Waals surface area (Å²) in [5.74, 6) is -0.479. The molecule has 1 fully saturated rings. The van der Waals surface area contributed by atoms with E-state index in [-0.39, 0.29) is 23.4 Å². The van der Waals surface area contributed by atoms with Gasteiger partial charge in [-0.2, -0.15) is 0 Å². The molecule has 1 aliphatic rings. The topological polar surface area (TPSA) is 58.6 Å². The molecule has 2 amide bonds. The lowest BCUT2D eigenvalue weighted by molar-refractivity contribution is -0.118. The molecule has 3 rings (SSSR count). The van der Waals surface area contributed by atoms with Gasteiger partial charge in [0.05, 0.1) is 5.02 Å². The van der Waals surface area contributed by atoms with E-state index in [0.717, 1.165) is 18.7 Å². The van der Waals surface area contributed by atoms with E-state index < -0.39 is 5.82 Å². The van der Waals surface area contributed by atoms with Gasteiger partial charge in [-0.3, -0.25) is 9.59 Å². The van der Waals surface area contributed by atoms with Crippen molar-refractivity contribution in [2.45, 2.75) is 12.8 Å². The van der Waals surface area contributed by atoms with E-state index in [1.165, 1.54) is 18.2 Å². The first kappa shape index (κ1) is 17.2. The number of anilines is 2. The van der Waals surface area contributed by atoms with Gasteiger partial charge in [-0.05, 0) is 42.8 Å². The van der Waals surface area contributed by atoms with Crippen LogP contribution in [0.15, 0.2) is 42.5 Å². The average Bonchev–Trinajstić information content (AvgIpc) is 3.03. The van der Waals surface area contributed by atoms with Crippen LogP contribution in [-0.4, -0.2) is 25.0 Å². The van der Waals surface area contributed by atoms with Crippen molar-refractivity contribution in [2.24, 2.45) is 0 Å². The minimum Gasteiger partial charge on any atom is -0.484 e. The maximum Gasteiger partial charge on any atom is 0.262 e. The minimum absolute atomic E-state index is 0.0649. The highest BCUT2D eigenvalue weighted by atomic mass is 35.5. The molecule has 0 aliphatic carbocycles. The zero-order chi connectivity index (χ0) is 17.8. The van der Waals surface area contributed by atoms with Crippen molar-refractivity contribution in [2.75, 3.05) is 23.4 Å². The summed E-state index contributed by atoms with van der Waals surface area (Å²) in [7, 11) is 0. The van der Waals surface area contributed by atoms with Crippen LogP contribution in [0.5, 0.6) is 5.75 Å². The first-order chi connectivity index (χ1) is 12.0. The van der Waals surface area contributed by atoms with Crippen LogP contribution in [0.2, 0.25) is 5.02 Å². The fourth-order valence-corrected chi connectivity index (χ4v) is 2.73. The Morgan fingerprint density at radius 3 is 2.64 bits per heavy atom. The zero-order valence-electron chi connectivity index (χ0n) is 13.3. The van der Waals surface area contributed by atoms with Crippen LogP contribution >= 0.6 is 11.6 Å². The molecule has 1 N–H and O–H groups in total. The van der Waals surface area contributed by atoms with Crippen LogP contribution in [0, 0.1) is 5.82 Å². The van der Waals surface area contributed by atoms with E-state index in [4.69, 9.17) is 16.3 Å². The van der Waals surface area contributed by atoms with E-state index in [0.29, 0.717) is 17.9 Å². The van der Waals surface area contributed by atoms with Gasteiger partial charge in [0, 0.05) is 30.4 Å². The standard InChI is InChI=1S/C18H16ClFN2O3/c19-15-10-14(7-8-16(15)20)25-11-17(23)21-12-3-5-13(6-4-12)22-9-1-2-18(22)24/h3-8,10H,1-2,9,11H2,(H,21,23). The first-order valence-corrected chi connectivity index (χ1v) is 8.19. The molecule has 0 bridgehead atoms. The summed E-state index contributed by atoms with van der Waals surface area (Å²) in [6.07, 6.45) is 1.44. The molecule has 0 spiro atoms. The largest absolute Gasteiger partial charge is 0.484 e. The Bertz CT molecular complexity index is 795. The third-order valence-corrected chi connectivity index (χ3v) is 4.09. The Morgan fingerprint density at radius 1 is 1.24 bits per heavy atom. The van der Waals surface area contributed by atoms with Crippen molar-refractivity contribution in [3.05, 3.63) is 53.3 Å². The van der Waals surface area contributed by atoms with Crippen molar-refractivity contribution >= 4 is 34.8 Å². The number of carbonyl (C=O) groups excluding carboxylic acids is 2. The molecule has 130 valence electrons. The Hall–Kier alpha value is -2.60. The van der Waals surface area contributed by atoms with Gasteiger partial charge in [-0.15, -0.1) is 0 Å². The van der Waals surface area contributed by atoms with Gasteiger partial charge in [0.25, 0.3) is 5.91 Å². The second kappa shape index (κ2) is 7.53. The lowest BCUT2D eigenvalue weighted by Crippen LogP contribution is -2.23. The minimum atomic E-state index is -0.546. The number of amides is 2. The molecule has 1 aliphatic heterocycles. The van der Waals surface area contributed by atoms with Gasteiger partial charge in [-0.25, -0.2) is 4.39 Å². The summed E-state index contributed by atoms with van der Waals surface area (Å²) in [4.78, 5) is 25.4. The molecule has 0 radical (unpaired) electrons. The molecule has 0 atom stereocenters. The van der Waals surface area contributed by atoms with Crippen LogP contribution in [0.3, 0.4) is 0 Å². The number of nitrogens with zero attached hydrogens (tertiary/aromatic N) is 1. The van der Waals surface area contributed by atoms with Crippen LogP contribution in [0.1, 0.15) is 12.8 Å². The van der Waals surface area contributed by atoms with Crippen LogP contribution < -0.4 is 15.0 Å². The van der Waals surface area contributed by atoms with E-state index in [1.807, 2.05) is 0 Å². The molecule has 0 aromatic heterocycles. The normalized spacial score (nSPS) is 13.8. The Labute approximate surface area is 149 Å². The molecule has 0 saturated carbocycles. The molecule has 2 aromatic rings. The smallest absolute Gasteiger partial charge is 0.262 e. The Balaban J connectivity index is 1.54. The van der Waals surface area contributed by atoms with Crippen molar-refractivity contribution in [1.29, 1.82) is 0 Å². The SMILES string of the molecule is O=C(COc1ccc(F)c(Cl)c1)Nc1ccc(N2CCCC2=O)cc1. The zero-order valence-corrected chi connectivity index (χ0v) is 14.1. The number of hydrogen-bond donors (Lipinski definition) is 1. The van der Waals surface area contributed by atoms with E-state index in [1.54, 1.807) is 29.2 Å². The molecule has 25 heavy (non-hydrogen) atoms. The molecule has 0 unspecified atom stereocenters. The second-order valence-electron chi connectivity index (χ2n) is 5.61.